The zero-order valence-corrected chi connectivity index (χ0v) is 11.6. The lowest BCUT2D eigenvalue weighted by atomic mass is 9.88. The van der Waals surface area contributed by atoms with Crippen molar-refractivity contribution in [2.75, 3.05) is 20.1 Å². The minimum absolute atomic E-state index is 0.0449. The first kappa shape index (κ1) is 13.8. The molecule has 2 heterocycles. The van der Waals surface area contributed by atoms with Crippen LogP contribution in [0.5, 0.6) is 0 Å². The Morgan fingerprint density at radius 3 is 2.39 bits per heavy atom. The van der Waals surface area contributed by atoms with Gasteiger partial charge < -0.3 is 20.1 Å². The first-order chi connectivity index (χ1) is 8.43. The van der Waals surface area contributed by atoms with Gasteiger partial charge in [-0.25, -0.2) is 0 Å². The Kier molecular flexibility index (Phi) is 3.94. The molecule has 1 amide bonds. The second-order valence-electron chi connectivity index (χ2n) is 5.67. The molecule has 0 saturated carbocycles. The average Bonchev–Trinajstić information content (AvgIpc) is 2.83. The van der Waals surface area contributed by atoms with Gasteiger partial charge in [0.25, 0.3) is 0 Å². The van der Waals surface area contributed by atoms with Crippen LogP contribution in [0.15, 0.2) is 0 Å². The summed E-state index contributed by atoms with van der Waals surface area (Å²) in [6.45, 7) is 7.26. The van der Waals surface area contributed by atoms with E-state index in [4.69, 9.17) is 4.74 Å². The van der Waals surface area contributed by atoms with Crippen molar-refractivity contribution in [2.45, 2.75) is 45.1 Å². The fourth-order valence-electron chi connectivity index (χ4n) is 3.14. The van der Waals surface area contributed by atoms with Crippen LogP contribution in [0, 0.1) is 11.8 Å². The molecule has 2 aliphatic heterocycles. The minimum Gasteiger partial charge on any atom is -0.390 e. The third-order valence-electron chi connectivity index (χ3n) is 4.52. The molecule has 104 valence electrons. The third kappa shape index (κ3) is 2.27. The van der Waals surface area contributed by atoms with Crippen molar-refractivity contribution in [1.82, 2.24) is 10.2 Å². The van der Waals surface area contributed by atoms with E-state index < -0.39 is 6.10 Å². The van der Waals surface area contributed by atoms with Crippen molar-refractivity contribution >= 4 is 5.91 Å². The summed E-state index contributed by atoms with van der Waals surface area (Å²) in [5.74, 6) is 0.214. The summed E-state index contributed by atoms with van der Waals surface area (Å²) in [7, 11) is 1.78. The second kappa shape index (κ2) is 5.15. The number of hydrogen-bond donors (Lipinski definition) is 2. The van der Waals surface area contributed by atoms with Crippen LogP contribution in [-0.2, 0) is 9.53 Å². The van der Waals surface area contributed by atoms with E-state index in [2.05, 4.69) is 12.2 Å². The molecule has 18 heavy (non-hydrogen) atoms. The molecule has 0 aromatic heterocycles. The molecular weight excluding hydrogens is 232 g/mol. The Balaban J connectivity index is 2.06. The van der Waals surface area contributed by atoms with Gasteiger partial charge in [0.2, 0.25) is 5.91 Å². The van der Waals surface area contributed by atoms with Crippen molar-refractivity contribution in [1.29, 1.82) is 0 Å². The van der Waals surface area contributed by atoms with Crippen LogP contribution in [0.3, 0.4) is 0 Å². The highest BCUT2D eigenvalue weighted by atomic mass is 16.5. The van der Waals surface area contributed by atoms with E-state index in [-0.39, 0.29) is 36.0 Å². The highest BCUT2D eigenvalue weighted by molar-refractivity contribution is 5.80. The second-order valence-corrected chi connectivity index (χ2v) is 5.67. The first-order valence-electron chi connectivity index (χ1n) is 6.74. The molecule has 4 unspecified atom stereocenters. The summed E-state index contributed by atoms with van der Waals surface area (Å²) >= 11 is 0. The lowest BCUT2D eigenvalue weighted by Crippen LogP contribution is -2.48. The number of likely N-dealkylation sites (N-methyl/N-ethyl adjacent to an activating group) is 1. The molecule has 2 rings (SSSR count). The Bertz CT molecular complexity index is 323. The molecule has 0 bridgehead atoms. The maximum Gasteiger partial charge on any atom is 0.228 e. The van der Waals surface area contributed by atoms with E-state index in [1.807, 2.05) is 13.8 Å². The lowest BCUT2D eigenvalue weighted by molar-refractivity contribution is -0.140. The van der Waals surface area contributed by atoms with Crippen molar-refractivity contribution in [3.8, 4) is 0 Å². The molecule has 2 aliphatic rings. The molecule has 0 aromatic carbocycles. The molecule has 5 heteroatoms. The molecule has 2 fully saturated rings. The van der Waals surface area contributed by atoms with Crippen LogP contribution in [0.4, 0.5) is 0 Å². The van der Waals surface area contributed by atoms with Crippen molar-refractivity contribution < 1.29 is 14.6 Å². The summed E-state index contributed by atoms with van der Waals surface area (Å²) in [5, 5.41) is 13.0. The highest BCUT2D eigenvalue weighted by Gasteiger charge is 2.44. The summed E-state index contributed by atoms with van der Waals surface area (Å²) in [6, 6.07) is -0.118. The van der Waals surface area contributed by atoms with E-state index in [1.54, 1.807) is 11.9 Å². The Morgan fingerprint density at radius 1 is 1.28 bits per heavy atom. The maximum absolute atomic E-state index is 12.6. The number of β-amino-alcohol motifs (C(OH)–C–C–N with tert-alkyl or cyclic N) is 1. The molecule has 2 saturated heterocycles. The van der Waals surface area contributed by atoms with Gasteiger partial charge in [0, 0.05) is 20.1 Å². The van der Waals surface area contributed by atoms with Gasteiger partial charge in [-0.05, 0) is 19.8 Å². The van der Waals surface area contributed by atoms with E-state index in [0.29, 0.717) is 13.1 Å². The lowest BCUT2D eigenvalue weighted by Gasteiger charge is -2.31. The van der Waals surface area contributed by atoms with Crippen LogP contribution in [-0.4, -0.2) is 60.4 Å². The minimum atomic E-state index is -0.468. The van der Waals surface area contributed by atoms with Gasteiger partial charge >= 0.3 is 0 Å². The summed E-state index contributed by atoms with van der Waals surface area (Å²) in [5.41, 5.74) is 0. The fourth-order valence-corrected chi connectivity index (χ4v) is 3.14. The van der Waals surface area contributed by atoms with Crippen molar-refractivity contribution in [2.24, 2.45) is 11.8 Å². The van der Waals surface area contributed by atoms with E-state index in [9.17, 15) is 9.90 Å². The zero-order chi connectivity index (χ0) is 13.4. The largest absolute Gasteiger partial charge is 0.390 e. The summed E-state index contributed by atoms with van der Waals surface area (Å²) in [6.07, 6.45) is -0.394. The van der Waals surface area contributed by atoms with Crippen LogP contribution in [0.2, 0.25) is 0 Å². The topological polar surface area (TPSA) is 61.8 Å². The normalized spacial score (nSPS) is 44.3. The predicted octanol–water partition coefficient (Wildman–Crippen LogP) is -0.163. The molecule has 6 atom stereocenters. The first-order valence-corrected chi connectivity index (χ1v) is 6.74. The smallest absolute Gasteiger partial charge is 0.228 e. The van der Waals surface area contributed by atoms with Gasteiger partial charge in [-0.15, -0.1) is 0 Å². The molecule has 5 nitrogen and oxygen atoms in total. The summed E-state index contributed by atoms with van der Waals surface area (Å²) in [4.78, 5) is 14.2. The number of aliphatic hydroxyl groups excluding tert-OH is 1. The van der Waals surface area contributed by atoms with Crippen molar-refractivity contribution in [3.63, 3.8) is 0 Å². The van der Waals surface area contributed by atoms with Crippen LogP contribution in [0.25, 0.3) is 0 Å². The van der Waals surface area contributed by atoms with Gasteiger partial charge in [-0.2, -0.15) is 0 Å². The number of hydrogen-bond acceptors (Lipinski definition) is 4. The number of amides is 1. The van der Waals surface area contributed by atoms with Crippen LogP contribution >= 0.6 is 0 Å². The zero-order valence-electron chi connectivity index (χ0n) is 11.6. The Labute approximate surface area is 108 Å². The Morgan fingerprint density at radius 2 is 1.94 bits per heavy atom. The molecule has 0 spiro atoms. The fraction of sp³-hybridized carbons (Fsp3) is 0.923. The SMILES string of the molecule is CC1OC(C)C(C(=O)N(C)[C@H]2CNC[C@@H]2O)C1C. The van der Waals surface area contributed by atoms with Crippen LogP contribution in [0.1, 0.15) is 20.8 Å². The summed E-state index contributed by atoms with van der Waals surface area (Å²) < 4.78 is 5.72. The number of rotatable bonds is 2. The van der Waals surface area contributed by atoms with E-state index in [0.717, 1.165) is 0 Å². The molecule has 2 N–H and O–H groups in total. The third-order valence-corrected chi connectivity index (χ3v) is 4.52. The predicted molar refractivity (Wildman–Crippen MR) is 68.1 cm³/mol. The number of nitrogens with zero attached hydrogens (tertiary/aromatic N) is 1. The van der Waals surface area contributed by atoms with Crippen molar-refractivity contribution in [3.05, 3.63) is 0 Å². The van der Waals surface area contributed by atoms with Crippen LogP contribution < -0.4 is 5.32 Å². The number of ether oxygens (including phenoxy) is 1. The number of nitrogens with one attached hydrogen (secondary N) is 1. The molecule has 0 aromatic rings. The number of carbonyl (C=O) groups is 1. The quantitative estimate of drug-likeness (QED) is 0.720. The monoisotopic (exact) mass is 256 g/mol. The maximum atomic E-state index is 12.6. The molecular formula is C13H24N2O3. The Hall–Kier alpha value is -0.650. The standard InChI is InChI=1S/C13H24N2O3/c1-7-8(2)18-9(3)12(7)13(17)15(4)10-5-14-6-11(10)16/h7-12,14,16H,5-6H2,1-4H3/t7?,8?,9?,10-,11-,12?/m0/s1. The van der Waals surface area contributed by atoms with Gasteiger partial charge in [0.15, 0.2) is 0 Å². The van der Waals surface area contributed by atoms with E-state index in [1.165, 1.54) is 0 Å². The van der Waals surface area contributed by atoms with Gasteiger partial charge in [-0.1, -0.05) is 6.92 Å². The molecule has 0 radical (unpaired) electrons. The van der Waals surface area contributed by atoms with Gasteiger partial charge in [0.1, 0.15) is 0 Å². The van der Waals surface area contributed by atoms with E-state index >= 15 is 0 Å². The van der Waals surface area contributed by atoms with Gasteiger partial charge in [-0.3, -0.25) is 4.79 Å². The number of carbonyl (C=O) groups excluding carboxylic acids is 1. The number of aliphatic hydroxyl groups is 1. The average molecular weight is 256 g/mol. The van der Waals surface area contributed by atoms with Gasteiger partial charge in [0.05, 0.1) is 30.3 Å². The molecule has 0 aliphatic carbocycles. The highest BCUT2D eigenvalue weighted by Crippen LogP contribution is 2.33.